The maximum Gasteiger partial charge on any atom is 0.178 e. The van der Waals surface area contributed by atoms with Gasteiger partial charge in [-0.2, -0.15) is 0 Å². The molecule has 2 aromatic rings. The molecule has 2 aliphatic heterocycles. The molecule has 0 spiro atoms. The molecule has 2 aromatic heterocycles. The predicted molar refractivity (Wildman–Crippen MR) is 83.8 cm³/mol. The van der Waals surface area contributed by atoms with E-state index in [1.807, 2.05) is 10.7 Å². The summed E-state index contributed by atoms with van der Waals surface area (Å²) in [6, 6.07) is 0. The molecular formula is C10H8N8S2. The lowest BCUT2D eigenvalue weighted by Crippen LogP contribution is -1.89. The van der Waals surface area contributed by atoms with Gasteiger partial charge in [0.25, 0.3) is 0 Å². The Morgan fingerprint density at radius 3 is 1.80 bits per heavy atom. The molecule has 0 saturated carbocycles. The molecule has 100 valence electrons. The predicted octanol–water partition coefficient (Wildman–Crippen LogP) is 2.30. The van der Waals surface area contributed by atoms with Gasteiger partial charge in [-0.25, -0.2) is 20.0 Å². The number of rotatable bonds is 2. The number of fused-ring (bicyclic) bond motifs is 2. The van der Waals surface area contributed by atoms with E-state index in [1.165, 1.54) is 0 Å². The summed E-state index contributed by atoms with van der Waals surface area (Å²) in [5, 5.41) is 3.93. The first-order valence-corrected chi connectivity index (χ1v) is 8.21. The molecule has 0 aromatic carbocycles. The van der Waals surface area contributed by atoms with Gasteiger partial charge in [0.05, 0.1) is 35.1 Å². The fourth-order valence-corrected chi connectivity index (χ4v) is 3.81. The zero-order valence-electron chi connectivity index (χ0n) is 9.96. The van der Waals surface area contributed by atoms with Crippen LogP contribution in [0.2, 0.25) is 0 Å². The Hall–Kier alpha value is -2.20. The summed E-state index contributed by atoms with van der Waals surface area (Å²) in [6.07, 6.45) is 3.23. The highest BCUT2D eigenvalue weighted by atomic mass is 32.2. The average Bonchev–Trinajstić information content (AvgIpc) is 3.12. The van der Waals surface area contributed by atoms with E-state index < -0.39 is 21.3 Å². The molecule has 0 fully saturated rings. The van der Waals surface area contributed by atoms with Gasteiger partial charge < -0.3 is 9.97 Å². The van der Waals surface area contributed by atoms with Gasteiger partial charge in [0.1, 0.15) is 0 Å². The summed E-state index contributed by atoms with van der Waals surface area (Å²) in [5.74, 6) is 1.39. The Morgan fingerprint density at radius 1 is 0.800 bits per heavy atom. The van der Waals surface area contributed by atoms with Crippen LogP contribution in [0.4, 0.5) is 11.6 Å². The topological polar surface area (TPSA) is 107 Å². The van der Waals surface area contributed by atoms with E-state index in [0.717, 1.165) is 11.4 Å². The quantitative estimate of drug-likeness (QED) is 0.656. The second kappa shape index (κ2) is 4.72. The number of hydrogen-bond acceptors (Lipinski definition) is 6. The van der Waals surface area contributed by atoms with Gasteiger partial charge in [-0.1, -0.05) is 0 Å². The van der Waals surface area contributed by atoms with Crippen molar-refractivity contribution in [2.24, 2.45) is 19.0 Å². The minimum Gasteiger partial charge on any atom is -0.343 e. The van der Waals surface area contributed by atoms with Gasteiger partial charge in [-0.3, -0.25) is 0 Å². The molecule has 2 unspecified atom stereocenters. The third-order valence-corrected chi connectivity index (χ3v) is 4.80. The minimum absolute atomic E-state index is 0.464. The lowest BCUT2D eigenvalue weighted by molar-refractivity contribution is 1.30. The van der Waals surface area contributed by atoms with Crippen molar-refractivity contribution in [1.82, 2.24) is 19.9 Å². The summed E-state index contributed by atoms with van der Waals surface area (Å²) in [5.41, 5.74) is 5.27. The second-order valence-corrected chi connectivity index (χ2v) is 6.45. The van der Waals surface area contributed by atoms with Crippen LogP contribution in [0.3, 0.4) is 0 Å². The summed E-state index contributed by atoms with van der Waals surface area (Å²) >= 11 is 0. The molecular weight excluding hydrogens is 296 g/mol. The molecule has 8 nitrogen and oxygen atoms in total. The van der Waals surface area contributed by atoms with E-state index in [0.29, 0.717) is 11.6 Å². The fourth-order valence-electron chi connectivity index (χ4n) is 1.65. The van der Waals surface area contributed by atoms with Crippen molar-refractivity contribution in [3.8, 4) is 0 Å². The number of aromatic amines is 2. The largest absolute Gasteiger partial charge is 0.343 e. The number of nitrogens with zero attached hydrogens (tertiary/aromatic N) is 6. The van der Waals surface area contributed by atoms with Crippen molar-refractivity contribution in [3.63, 3.8) is 0 Å². The van der Waals surface area contributed by atoms with Crippen molar-refractivity contribution in [1.29, 1.82) is 0 Å². The summed E-state index contributed by atoms with van der Waals surface area (Å²) in [6.45, 7) is 0. The molecule has 2 aliphatic rings. The lowest BCUT2D eigenvalue weighted by Gasteiger charge is -2.02. The van der Waals surface area contributed by atoms with E-state index in [9.17, 15) is 0 Å². The van der Waals surface area contributed by atoms with E-state index in [2.05, 4.69) is 39.0 Å². The molecule has 0 saturated heterocycles. The number of nitrogens with one attached hydrogen (secondary N) is 2. The normalized spacial score (nSPS) is 23.2. The molecule has 10 heteroatoms. The van der Waals surface area contributed by atoms with Crippen LogP contribution in [0, 0.1) is 0 Å². The maximum absolute atomic E-state index is 4.30. The zero-order chi connectivity index (χ0) is 13.4. The highest BCUT2D eigenvalue weighted by Gasteiger charge is 2.08. The highest BCUT2D eigenvalue weighted by Crippen LogP contribution is 2.28. The average molecular weight is 304 g/mol. The van der Waals surface area contributed by atoms with Gasteiger partial charge in [0.2, 0.25) is 0 Å². The first-order chi connectivity index (χ1) is 9.88. The molecule has 20 heavy (non-hydrogen) atoms. The van der Waals surface area contributed by atoms with E-state index >= 15 is 0 Å². The number of aliphatic imine (C=N–C) groups is 2. The van der Waals surface area contributed by atoms with Crippen LogP contribution < -0.4 is 0 Å². The van der Waals surface area contributed by atoms with Gasteiger partial charge in [0, 0.05) is 10.7 Å². The molecule has 2 N–H and O–H groups in total. The van der Waals surface area contributed by atoms with Crippen LogP contribution in [0.1, 0.15) is 11.4 Å². The molecule has 0 aliphatic carbocycles. The van der Waals surface area contributed by atoms with Gasteiger partial charge in [0.15, 0.2) is 11.6 Å². The van der Waals surface area contributed by atoms with Gasteiger partial charge in [-0.05, 0) is 21.3 Å². The number of imidazole rings is 2. The molecule has 0 amide bonds. The maximum atomic E-state index is 4.30. The molecule has 2 atom stereocenters. The SMILES string of the molecule is C1=Nc2nc[nH]c2C=S1/N=N/S1=Cc2[nH]cnc2N=C1. The number of aromatic nitrogens is 4. The molecule has 4 rings (SSSR count). The third-order valence-electron chi connectivity index (χ3n) is 2.56. The van der Waals surface area contributed by atoms with Crippen LogP contribution in [-0.2, 0) is 0 Å². The van der Waals surface area contributed by atoms with E-state index in [-0.39, 0.29) is 0 Å². The van der Waals surface area contributed by atoms with Crippen LogP contribution >= 0.6 is 21.3 Å². The summed E-state index contributed by atoms with van der Waals surface area (Å²) in [7, 11) is -0.929. The van der Waals surface area contributed by atoms with Gasteiger partial charge >= 0.3 is 0 Å². The zero-order valence-corrected chi connectivity index (χ0v) is 11.6. The van der Waals surface area contributed by atoms with Crippen molar-refractivity contribution in [2.45, 2.75) is 0 Å². The van der Waals surface area contributed by atoms with Gasteiger partial charge in [-0.15, -0.1) is 9.04 Å². The summed E-state index contributed by atoms with van der Waals surface area (Å²) in [4.78, 5) is 22.6. The first-order valence-electron chi connectivity index (χ1n) is 5.59. The monoisotopic (exact) mass is 304 g/mol. The van der Waals surface area contributed by atoms with Crippen molar-refractivity contribution in [2.75, 3.05) is 0 Å². The molecule has 0 bridgehead atoms. The van der Waals surface area contributed by atoms with Crippen LogP contribution in [-0.4, -0.2) is 41.8 Å². The van der Waals surface area contributed by atoms with Crippen molar-refractivity contribution in [3.05, 3.63) is 24.0 Å². The number of H-pyrrole nitrogens is 2. The highest BCUT2D eigenvalue weighted by molar-refractivity contribution is 8.27. The summed E-state index contributed by atoms with van der Waals surface area (Å²) < 4.78 is 8.60. The Morgan fingerprint density at radius 2 is 1.30 bits per heavy atom. The number of hydrogen-bond donors (Lipinski definition) is 2. The standard InChI is InChI=1S/C10H8N8S2/c1-7-9(13-3-11-7)15-5-19(1)17-18-20-2-8-10(16-6-20)14-4-12-8/h1-6H,(H,11,13,15)(H,12,14,16)/b18-17+. The van der Waals surface area contributed by atoms with E-state index in [4.69, 9.17) is 0 Å². The second-order valence-electron chi connectivity index (χ2n) is 3.84. The Kier molecular flexibility index (Phi) is 2.74. The Balaban J connectivity index is 1.60. The van der Waals surface area contributed by atoms with Crippen molar-refractivity contribution < 1.29 is 0 Å². The van der Waals surface area contributed by atoms with Crippen LogP contribution in [0.15, 0.2) is 31.7 Å². The fraction of sp³-hybridized carbons (Fsp3) is 0. The Bertz CT molecular complexity index is 754. The van der Waals surface area contributed by atoms with Crippen LogP contribution in [0.25, 0.3) is 0 Å². The van der Waals surface area contributed by atoms with Crippen molar-refractivity contribution >= 4 is 54.8 Å². The minimum atomic E-state index is -0.464. The molecule has 4 heterocycles. The first kappa shape index (κ1) is 11.6. The molecule has 0 radical (unpaired) electrons. The lowest BCUT2D eigenvalue weighted by atomic mass is 10.5. The third kappa shape index (κ3) is 2.08. The van der Waals surface area contributed by atoms with E-state index in [1.54, 1.807) is 23.7 Å². The smallest absolute Gasteiger partial charge is 0.178 e. The van der Waals surface area contributed by atoms with Crippen LogP contribution in [0.5, 0.6) is 0 Å². The Labute approximate surface area is 118 Å².